The van der Waals surface area contributed by atoms with Gasteiger partial charge in [0.2, 0.25) is 0 Å². The molecule has 0 atom stereocenters. The predicted molar refractivity (Wildman–Crippen MR) is 81.4 cm³/mol. The fourth-order valence-electron chi connectivity index (χ4n) is 1.37. The van der Waals surface area contributed by atoms with Crippen molar-refractivity contribution >= 4 is 62.3 Å². The van der Waals surface area contributed by atoms with Crippen LogP contribution < -0.4 is 5.32 Å². The fraction of sp³-hybridized carbons (Fsp3) is 0. The average molecular weight is 380 g/mol. The number of rotatable bonds is 2. The molecule has 0 fully saturated rings. The number of pyridine rings is 1. The number of amides is 1. The second kappa shape index (κ2) is 6.09. The van der Waals surface area contributed by atoms with Crippen molar-refractivity contribution in [2.24, 2.45) is 0 Å². The Bertz CT molecular complexity index is 649. The quantitative estimate of drug-likeness (QED) is 0.740. The standard InChI is InChI=1S/C12H6BrCl3N2O/c13-8-2-1-6(14)3-10(8)18-12(19)7-4-11(16)17-5-9(7)15/h1-5H,(H,18,19). The topological polar surface area (TPSA) is 42.0 Å². The molecule has 1 amide bonds. The van der Waals surface area contributed by atoms with E-state index in [1.54, 1.807) is 18.2 Å². The smallest absolute Gasteiger partial charge is 0.257 e. The Morgan fingerprint density at radius 3 is 2.68 bits per heavy atom. The SMILES string of the molecule is O=C(Nc1cc(Cl)ccc1Br)c1cc(Cl)ncc1Cl. The van der Waals surface area contributed by atoms with Gasteiger partial charge in [-0.3, -0.25) is 4.79 Å². The minimum Gasteiger partial charge on any atom is -0.321 e. The molecule has 2 aromatic rings. The van der Waals surface area contributed by atoms with E-state index in [-0.39, 0.29) is 15.7 Å². The zero-order chi connectivity index (χ0) is 14.0. The maximum Gasteiger partial charge on any atom is 0.257 e. The summed E-state index contributed by atoms with van der Waals surface area (Å²) in [6.07, 6.45) is 1.33. The van der Waals surface area contributed by atoms with Crippen LogP contribution in [0, 0.1) is 0 Å². The van der Waals surface area contributed by atoms with Crippen molar-refractivity contribution in [3.63, 3.8) is 0 Å². The molecule has 0 bridgehead atoms. The summed E-state index contributed by atoms with van der Waals surface area (Å²) in [4.78, 5) is 15.9. The Hall–Kier alpha value is -0.810. The molecule has 2 rings (SSSR count). The first-order valence-electron chi connectivity index (χ1n) is 5.05. The third-order valence-corrected chi connectivity index (χ3v) is 3.68. The lowest BCUT2D eigenvalue weighted by Crippen LogP contribution is -2.13. The first-order chi connectivity index (χ1) is 8.97. The van der Waals surface area contributed by atoms with Crippen LogP contribution in [0.2, 0.25) is 15.2 Å². The average Bonchev–Trinajstić information content (AvgIpc) is 2.36. The highest BCUT2D eigenvalue weighted by atomic mass is 79.9. The van der Waals surface area contributed by atoms with E-state index in [0.29, 0.717) is 15.2 Å². The normalized spacial score (nSPS) is 10.3. The van der Waals surface area contributed by atoms with Crippen molar-refractivity contribution < 1.29 is 4.79 Å². The summed E-state index contributed by atoms with van der Waals surface area (Å²) in [7, 11) is 0. The molecule has 0 aliphatic rings. The van der Waals surface area contributed by atoms with Gasteiger partial charge in [-0.05, 0) is 40.2 Å². The fourth-order valence-corrected chi connectivity index (χ4v) is 2.24. The Labute approximate surface area is 133 Å². The van der Waals surface area contributed by atoms with E-state index in [0.717, 1.165) is 0 Å². The summed E-state index contributed by atoms with van der Waals surface area (Å²) in [6.45, 7) is 0. The van der Waals surface area contributed by atoms with Gasteiger partial charge in [0, 0.05) is 15.7 Å². The molecule has 0 unspecified atom stereocenters. The lowest BCUT2D eigenvalue weighted by Gasteiger charge is -2.09. The van der Waals surface area contributed by atoms with Crippen molar-refractivity contribution in [2.45, 2.75) is 0 Å². The summed E-state index contributed by atoms with van der Waals surface area (Å²) >= 11 is 20.8. The number of halogens is 4. The van der Waals surface area contributed by atoms with Crippen LogP contribution in [0.3, 0.4) is 0 Å². The van der Waals surface area contributed by atoms with Crippen molar-refractivity contribution in [1.29, 1.82) is 0 Å². The van der Waals surface area contributed by atoms with Gasteiger partial charge in [-0.25, -0.2) is 4.98 Å². The molecule has 0 saturated heterocycles. The van der Waals surface area contributed by atoms with Crippen molar-refractivity contribution in [3.05, 3.63) is 55.7 Å². The monoisotopic (exact) mass is 378 g/mol. The summed E-state index contributed by atoms with van der Waals surface area (Å²) in [5, 5.41) is 3.62. The molecule has 19 heavy (non-hydrogen) atoms. The molecule has 0 saturated carbocycles. The van der Waals surface area contributed by atoms with E-state index in [9.17, 15) is 4.79 Å². The van der Waals surface area contributed by atoms with Crippen LogP contribution in [-0.2, 0) is 0 Å². The first kappa shape index (κ1) is 14.6. The minimum atomic E-state index is -0.391. The molecule has 0 radical (unpaired) electrons. The number of hydrogen-bond donors (Lipinski definition) is 1. The molecule has 98 valence electrons. The number of carbonyl (C=O) groups is 1. The van der Waals surface area contributed by atoms with Gasteiger partial charge in [0.05, 0.1) is 16.3 Å². The second-order valence-corrected chi connectivity index (χ2v) is 5.65. The summed E-state index contributed by atoms with van der Waals surface area (Å²) in [5.41, 5.74) is 0.787. The molecule has 1 N–H and O–H groups in total. The molecular formula is C12H6BrCl3N2O. The van der Waals surface area contributed by atoms with E-state index >= 15 is 0 Å². The maximum atomic E-state index is 12.1. The van der Waals surface area contributed by atoms with E-state index in [2.05, 4.69) is 26.2 Å². The van der Waals surface area contributed by atoms with Gasteiger partial charge in [0.1, 0.15) is 5.15 Å². The minimum absolute atomic E-state index is 0.194. The summed E-state index contributed by atoms with van der Waals surface area (Å²) in [6, 6.07) is 6.47. The van der Waals surface area contributed by atoms with E-state index in [4.69, 9.17) is 34.8 Å². The molecular weight excluding hydrogens is 374 g/mol. The molecule has 1 aromatic heterocycles. The lowest BCUT2D eigenvalue weighted by atomic mass is 10.2. The van der Waals surface area contributed by atoms with Gasteiger partial charge < -0.3 is 5.32 Å². The van der Waals surface area contributed by atoms with Crippen LogP contribution >= 0.6 is 50.7 Å². The number of hydrogen-bond acceptors (Lipinski definition) is 2. The molecule has 3 nitrogen and oxygen atoms in total. The van der Waals surface area contributed by atoms with Crippen LogP contribution in [0.15, 0.2) is 34.9 Å². The number of aromatic nitrogens is 1. The molecule has 1 aromatic carbocycles. The number of nitrogens with zero attached hydrogens (tertiary/aromatic N) is 1. The van der Waals surface area contributed by atoms with Crippen LogP contribution in [0.5, 0.6) is 0 Å². The summed E-state index contributed by atoms with van der Waals surface area (Å²) < 4.78 is 0.710. The number of nitrogens with one attached hydrogen (secondary N) is 1. The van der Waals surface area contributed by atoms with Crippen LogP contribution in [0.1, 0.15) is 10.4 Å². The Kier molecular flexibility index (Phi) is 4.68. The predicted octanol–water partition coefficient (Wildman–Crippen LogP) is 5.06. The zero-order valence-corrected chi connectivity index (χ0v) is 13.1. The highest BCUT2D eigenvalue weighted by molar-refractivity contribution is 9.10. The molecule has 1 heterocycles. The van der Waals surface area contributed by atoms with E-state index in [1.165, 1.54) is 12.3 Å². The van der Waals surface area contributed by atoms with Crippen molar-refractivity contribution in [2.75, 3.05) is 5.32 Å². The van der Waals surface area contributed by atoms with Crippen LogP contribution in [0.25, 0.3) is 0 Å². The third kappa shape index (κ3) is 3.60. The maximum absolute atomic E-state index is 12.1. The molecule has 0 spiro atoms. The highest BCUT2D eigenvalue weighted by Crippen LogP contribution is 2.27. The van der Waals surface area contributed by atoms with Gasteiger partial charge in [0.25, 0.3) is 5.91 Å². The van der Waals surface area contributed by atoms with Crippen LogP contribution in [0.4, 0.5) is 5.69 Å². The Morgan fingerprint density at radius 1 is 1.21 bits per heavy atom. The lowest BCUT2D eigenvalue weighted by molar-refractivity contribution is 0.102. The molecule has 0 aliphatic carbocycles. The zero-order valence-electron chi connectivity index (χ0n) is 9.25. The van der Waals surface area contributed by atoms with Gasteiger partial charge in [-0.1, -0.05) is 34.8 Å². The number of carbonyl (C=O) groups excluding carboxylic acids is 1. The number of benzene rings is 1. The third-order valence-electron chi connectivity index (χ3n) is 2.24. The summed E-state index contributed by atoms with van der Waals surface area (Å²) in [5.74, 6) is -0.391. The first-order valence-corrected chi connectivity index (χ1v) is 6.97. The van der Waals surface area contributed by atoms with Gasteiger partial charge in [0.15, 0.2) is 0 Å². The Balaban J connectivity index is 2.30. The Morgan fingerprint density at radius 2 is 1.95 bits per heavy atom. The second-order valence-electron chi connectivity index (χ2n) is 3.57. The van der Waals surface area contributed by atoms with E-state index in [1.807, 2.05) is 0 Å². The van der Waals surface area contributed by atoms with Gasteiger partial charge >= 0.3 is 0 Å². The van der Waals surface area contributed by atoms with Crippen LogP contribution in [-0.4, -0.2) is 10.9 Å². The largest absolute Gasteiger partial charge is 0.321 e. The molecule has 0 aliphatic heterocycles. The van der Waals surface area contributed by atoms with Gasteiger partial charge in [-0.15, -0.1) is 0 Å². The van der Waals surface area contributed by atoms with E-state index < -0.39 is 5.91 Å². The number of anilines is 1. The van der Waals surface area contributed by atoms with Gasteiger partial charge in [-0.2, -0.15) is 0 Å². The molecule has 7 heteroatoms. The van der Waals surface area contributed by atoms with Crippen molar-refractivity contribution in [1.82, 2.24) is 4.98 Å². The highest BCUT2D eigenvalue weighted by Gasteiger charge is 2.13. The van der Waals surface area contributed by atoms with Crippen molar-refractivity contribution in [3.8, 4) is 0 Å².